The predicted octanol–water partition coefficient (Wildman–Crippen LogP) is 1.42. The minimum atomic E-state index is -0.0586. The zero-order valence-electron chi connectivity index (χ0n) is 11.4. The van der Waals surface area contributed by atoms with Crippen molar-refractivity contribution in [3.05, 3.63) is 24.3 Å². The smallest absolute Gasteiger partial charge is 0.202 e. The Labute approximate surface area is 118 Å². The van der Waals surface area contributed by atoms with Crippen LogP contribution in [0.5, 0.6) is 5.75 Å². The van der Waals surface area contributed by atoms with Crippen molar-refractivity contribution in [2.24, 2.45) is 0 Å². The van der Waals surface area contributed by atoms with Gasteiger partial charge >= 0.3 is 0 Å². The summed E-state index contributed by atoms with van der Waals surface area (Å²) < 4.78 is 21.6. The molecule has 1 aromatic carbocycles. The van der Waals surface area contributed by atoms with Gasteiger partial charge < -0.3 is 23.8 Å². The third kappa shape index (κ3) is 3.06. The molecule has 0 aromatic heterocycles. The Morgan fingerprint density at radius 3 is 2.05 bits per heavy atom. The predicted molar refractivity (Wildman–Crippen MR) is 73.1 cm³/mol. The number of hydrogen-bond acceptors (Lipinski definition) is 5. The maximum atomic E-state index is 5.68. The molecule has 1 aromatic rings. The summed E-state index contributed by atoms with van der Waals surface area (Å²) in [6, 6.07) is 8.20. The van der Waals surface area contributed by atoms with Crippen molar-refractivity contribution in [2.75, 3.05) is 37.8 Å². The Morgan fingerprint density at radius 2 is 1.60 bits per heavy atom. The molecule has 5 nitrogen and oxygen atoms in total. The number of ether oxygens (including phenoxy) is 4. The molecule has 0 radical (unpaired) electrons. The Morgan fingerprint density at radius 1 is 1.00 bits per heavy atom. The highest BCUT2D eigenvalue weighted by Crippen LogP contribution is 2.26. The van der Waals surface area contributed by atoms with Crippen molar-refractivity contribution in [1.82, 2.24) is 0 Å². The van der Waals surface area contributed by atoms with Gasteiger partial charge in [0.25, 0.3) is 0 Å². The van der Waals surface area contributed by atoms with Crippen LogP contribution in [-0.2, 0) is 14.2 Å². The van der Waals surface area contributed by atoms with Crippen LogP contribution < -0.4 is 9.64 Å². The number of anilines is 1. The van der Waals surface area contributed by atoms with E-state index in [4.69, 9.17) is 18.9 Å². The number of epoxide rings is 2. The SMILES string of the molecule is c1cc(N(CC2CO2)CC2CO2)ccc1OC1CCO1. The molecular formula is C15H19NO4. The van der Waals surface area contributed by atoms with Crippen LogP contribution >= 0.6 is 0 Å². The number of rotatable bonds is 7. The Kier molecular flexibility index (Phi) is 3.26. The first-order valence-electron chi connectivity index (χ1n) is 7.23. The monoisotopic (exact) mass is 277 g/mol. The average Bonchev–Trinajstić information content (AvgIpc) is 3.29. The van der Waals surface area contributed by atoms with E-state index in [0.29, 0.717) is 12.2 Å². The van der Waals surface area contributed by atoms with Crippen molar-refractivity contribution < 1.29 is 18.9 Å². The molecule has 0 N–H and O–H groups in total. The van der Waals surface area contributed by atoms with Crippen LogP contribution in [0.1, 0.15) is 6.42 Å². The number of hydrogen-bond donors (Lipinski definition) is 0. The molecule has 108 valence electrons. The fraction of sp³-hybridized carbons (Fsp3) is 0.600. The summed E-state index contributed by atoms with van der Waals surface area (Å²) in [5, 5.41) is 0. The summed E-state index contributed by atoms with van der Waals surface area (Å²) in [7, 11) is 0. The van der Waals surface area contributed by atoms with E-state index in [0.717, 1.165) is 45.1 Å². The van der Waals surface area contributed by atoms with E-state index in [-0.39, 0.29) is 6.29 Å². The fourth-order valence-corrected chi connectivity index (χ4v) is 2.32. The minimum absolute atomic E-state index is 0.0586. The quantitative estimate of drug-likeness (QED) is 0.705. The highest BCUT2D eigenvalue weighted by atomic mass is 16.7. The van der Waals surface area contributed by atoms with E-state index in [1.807, 2.05) is 12.1 Å². The second-order valence-corrected chi connectivity index (χ2v) is 5.52. The van der Waals surface area contributed by atoms with Crippen LogP contribution in [0.15, 0.2) is 24.3 Å². The highest BCUT2D eigenvalue weighted by Gasteiger charge is 2.31. The molecule has 3 aliphatic rings. The lowest BCUT2D eigenvalue weighted by atomic mass is 10.2. The molecule has 0 aliphatic carbocycles. The summed E-state index contributed by atoms with van der Waals surface area (Å²) in [6.07, 6.45) is 1.68. The maximum Gasteiger partial charge on any atom is 0.202 e. The van der Waals surface area contributed by atoms with Gasteiger partial charge in [-0.2, -0.15) is 0 Å². The molecule has 3 unspecified atom stereocenters. The highest BCUT2D eigenvalue weighted by molar-refractivity contribution is 5.49. The van der Waals surface area contributed by atoms with Crippen LogP contribution in [0.4, 0.5) is 5.69 Å². The first-order chi connectivity index (χ1) is 9.87. The van der Waals surface area contributed by atoms with Gasteiger partial charge in [0, 0.05) is 25.2 Å². The van der Waals surface area contributed by atoms with Crippen LogP contribution in [0.25, 0.3) is 0 Å². The van der Waals surface area contributed by atoms with E-state index in [9.17, 15) is 0 Å². The van der Waals surface area contributed by atoms with Crippen molar-refractivity contribution in [2.45, 2.75) is 24.9 Å². The molecule has 3 aliphatic heterocycles. The normalized spacial score (nSPS) is 30.5. The molecule has 5 heteroatoms. The van der Waals surface area contributed by atoms with Crippen molar-refractivity contribution in [3.63, 3.8) is 0 Å². The largest absolute Gasteiger partial charge is 0.465 e. The van der Waals surface area contributed by atoms with Gasteiger partial charge in [0.1, 0.15) is 5.75 Å². The van der Waals surface area contributed by atoms with Gasteiger partial charge in [-0.05, 0) is 24.3 Å². The molecule has 3 fully saturated rings. The third-order valence-corrected chi connectivity index (χ3v) is 3.78. The van der Waals surface area contributed by atoms with Crippen molar-refractivity contribution in [3.8, 4) is 5.75 Å². The number of nitrogens with zero attached hydrogens (tertiary/aromatic N) is 1. The van der Waals surface area contributed by atoms with Gasteiger partial charge in [0.2, 0.25) is 6.29 Å². The van der Waals surface area contributed by atoms with Crippen LogP contribution in [0.2, 0.25) is 0 Å². The van der Waals surface area contributed by atoms with E-state index in [2.05, 4.69) is 17.0 Å². The maximum absolute atomic E-state index is 5.68. The first kappa shape index (κ1) is 12.4. The van der Waals surface area contributed by atoms with E-state index in [1.165, 1.54) is 5.69 Å². The topological polar surface area (TPSA) is 46.8 Å². The van der Waals surface area contributed by atoms with Crippen molar-refractivity contribution in [1.29, 1.82) is 0 Å². The molecule has 0 bridgehead atoms. The van der Waals surface area contributed by atoms with Crippen molar-refractivity contribution >= 4 is 5.69 Å². The summed E-state index contributed by atoms with van der Waals surface area (Å²) >= 11 is 0. The molecule has 0 spiro atoms. The summed E-state index contributed by atoms with van der Waals surface area (Å²) in [5.41, 5.74) is 1.19. The molecule has 20 heavy (non-hydrogen) atoms. The lowest BCUT2D eigenvalue weighted by Gasteiger charge is -2.27. The Balaban J connectivity index is 1.40. The lowest BCUT2D eigenvalue weighted by Crippen LogP contribution is -2.32. The van der Waals surface area contributed by atoms with E-state index < -0.39 is 0 Å². The van der Waals surface area contributed by atoms with E-state index in [1.54, 1.807) is 0 Å². The molecule has 0 saturated carbocycles. The summed E-state index contributed by atoms with van der Waals surface area (Å²) in [4.78, 5) is 2.33. The molecular weight excluding hydrogens is 258 g/mol. The molecule has 3 saturated heterocycles. The molecule has 4 rings (SSSR count). The standard InChI is InChI=1S/C15H19NO4/c1-3-12(20-15-5-6-17-15)4-2-11(1)16(7-13-9-18-13)8-14-10-19-14/h1-4,13-15H,5-10H2. The lowest BCUT2D eigenvalue weighted by molar-refractivity contribution is -0.165. The van der Waals surface area contributed by atoms with E-state index >= 15 is 0 Å². The Bertz CT molecular complexity index is 437. The van der Waals surface area contributed by atoms with Crippen LogP contribution in [-0.4, -0.2) is 51.4 Å². The molecule has 3 heterocycles. The second-order valence-electron chi connectivity index (χ2n) is 5.52. The second kappa shape index (κ2) is 5.24. The summed E-state index contributed by atoms with van der Waals surface area (Å²) in [6.45, 7) is 4.43. The zero-order valence-corrected chi connectivity index (χ0v) is 11.4. The fourth-order valence-electron chi connectivity index (χ4n) is 2.32. The Hall–Kier alpha value is -1.30. The molecule has 3 atom stereocenters. The van der Waals surface area contributed by atoms with Gasteiger partial charge in [-0.15, -0.1) is 0 Å². The van der Waals surface area contributed by atoms with Gasteiger partial charge in [-0.25, -0.2) is 0 Å². The van der Waals surface area contributed by atoms with Gasteiger partial charge in [0.15, 0.2) is 0 Å². The van der Waals surface area contributed by atoms with Gasteiger partial charge in [-0.1, -0.05) is 0 Å². The molecule has 0 amide bonds. The van der Waals surface area contributed by atoms with Gasteiger partial charge in [-0.3, -0.25) is 0 Å². The van der Waals surface area contributed by atoms with Crippen LogP contribution in [0.3, 0.4) is 0 Å². The minimum Gasteiger partial charge on any atom is -0.465 e. The van der Waals surface area contributed by atoms with Crippen LogP contribution in [0, 0.1) is 0 Å². The zero-order chi connectivity index (χ0) is 13.4. The van der Waals surface area contributed by atoms with Gasteiger partial charge in [0.05, 0.1) is 32.0 Å². The first-order valence-corrected chi connectivity index (χ1v) is 7.23. The average molecular weight is 277 g/mol. The third-order valence-electron chi connectivity index (χ3n) is 3.78. The number of benzene rings is 1. The summed E-state index contributed by atoms with van der Waals surface area (Å²) in [5.74, 6) is 0.865.